The first-order valence-electron chi connectivity index (χ1n) is 7.56. The molecule has 2 aromatic carbocycles. The third-order valence-corrected chi connectivity index (χ3v) is 5.65. The van der Waals surface area contributed by atoms with Gasteiger partial charge in [0, 0.05) is 30.2 Å². The number of carbonyl (C=O) groups excluding carboxylic acids is 1. The fraction of sp³-hybridized carbons (Fsp3) is 0.235. The summed E-state index contributed by atoms with van der Waals surface area (Å²) in [5, 5.41) is 0.480. The van der Waals surface area contributed by atoms with Crippen LogP contribution < -0.4 is 9.62 Å². The molecule has 1 N–H and O–H groups in total. The van der Waals surface area contributed by atoms with Gasteiger partial charge in [-0.25, -0.2) is 13.1 Å². The Labute approximate surface area is 146 Å². The van der Waals surface area contributed by atoms with Crippen molar-refractivity contribution in [2.24, 2.45) is 5.92 Å². The van der Waals surface area contributed by atoms with E-state index in [1.54, 1.807) is 4.90 Å². The molecule has 5 nitrogen and oxygen atoms in total. The molecule has 1 saturated heterocycles. The summed E-state index contributed by atoms with van der Waals surface area (Å²) in [6, 6.07) is 15.4. The van der Waals surface area contributed by atoms with Crippen LogP contribution in [0.5, 0.6) is 0 Å². The van der Waals surface area contributed by atoms with E-state index in [-0.39, 0.29) is 23.3 Å². The first-order chi connectivity index (χ1) is 11.5. The van der Waals surface area contributed by atoms with Crippen LogP contribution in [-0.2, 0) is 14.8 Å². The van der Waals surface area contributed by atoms with E-state index in [4.69, 9.17) is 11.6 Å². The molecule has 0 radical (unpaired) electrons. The van der Waals surface area contributed by atoms with Gasteiger partial charge in [-0.15, -0.1) is 0 Å². The van der Waals surface area contributed by atoms with Crippen molar-refractivity contribution < 1.29 is 13.2 Å². The average Bonchev–Trinajstić information content (AvgIpc) is 2.95. The third kappa shape index (κ3) is 3.77. The van der Waals surface area contributed by atoms with Crippen molar-refractivity contribution in [1.82, 2.24) is 4.72 Å². The maximum absolute atomic E-state index is 12.3. The van der Waals surface area contributed by atoms with E-state index in [1.807, 2.05) is 30.3 Å². The van der Waals surface area contributed by atoms with Gasteiger partial charge in [0.15, 0.2) is 0 Å². The Bertz CT molecular complexity index is 823. The van der Waals surface area contributed by atoms with Gasteiger partial charge in [0.05, 0.1) is 4.90 Å². The van der Waals surface area contributed by atoms with Gasteiger partial charge in [-0.05, 0) is 42.3 Å². The predicted octanol–water partition coefficient (Wildman–Crippen LogP) is 2.67. The third-order valence-electron chi connectivity index (χ3n) is 3.96. The number of para-hydroxylation sites is 1. The highest BCUT2D eigenvalue weighted by molar-refractivity contribution is 7.89. The number of amides is 1. The van der Waals surface area contributed by atoms with Crippen LogP contribution in [-0.4, -0.2) is 27.4 Å². The molecule has 126 valence electrons. The van der Waals surface area contributed by atoms with Crippen molar-refractivity contribution in [3.63, 3.8) is 0 Å². The van der Waals surface area contributed by atoms with E-state index in [2.05, 4.69) is 4.72 Å². The lowest BCUT2D eigenvalue weighted by atomic mass is 10.1. The number of benzene rings is 2. The molecule has 1 aliphatic rings. The summed E-state index contributed by atoms with van der Waals surface area (Å²) < 4.78 is 27.1. The van der Waals surface area contributed by atoms with E-state index in [9.17, 15) is 13.2 Å². The molecule has 24 heavy (non-hydrogen) atoms. The second-order valence-corrected chi connectivity index (χ2v) is 7.92. The molecule has 1 heterocycles. The Morgan fingerprint density at radius 2 is 1.75 bits per heavy atom. The molecule has 1 fully saturated rings. The molecule has 1 amide bonds. The Morgan fingerprint density at radius 1 is 1.08 bits per heavy atom. The molecule has 0 spiro atoms. The van der Waals surface area contributed by atoms with Gasteiger partial charge in [0.2, 0.25) is 15.9 Å². The number of sulfonamides is 1. The van der Waals surface area contributed by atoms with Crippen LogP contribution in [0.2, 0.25) is 5.02 Å². The number of rotatable bonds is 5. The first kappa shape index (κ1) is 17.0. The zero-order chi connectivity index (χ0) is 17.2. The van der Waals surface area contributed by atoms with Gasteiger partial charge < -0.3 is 4.90 Å². The average molecular weight is 365 g/mol. The number of anilines is 1. The monoisotopic (exact) mass is 364 g/mol. The molecule has 0 aromatic heterocycles. The van der Waals surface area contributed by atoms with Gasteiger partial charge >= 0.3 is 0 Å². The number of hydrogen-bond donors (Lipinski definition) is 1. The van der Waals surface area contributed by atoms with Crippen LogP contribution in [0.25, 0.3) is 0 Å². The molecule has 3 rings (SSSR count). The molecule has 0 unspecified atom stereocenters. The molecule has 0 saturated carbocycles. The Hall–Kier alpha value is -1.89. The predicted molar refractivity (Wildman–Crippen MR) is 93.5 cm³/mol. The molecule has 2 aromatic rings. The molecule has 0 bridgehead atoms. The zero-order valence-electron chi connectivity index (χ0n) is 12.9. The SMILES string of the molecule is O=C1C[C@@H](CNS(=O)(=O)c2ccc(Cl)cc2)CN1c1ccccc1. The van der Waals surface area contributed by atoms with Gasteiger partial charge in [-0.2, -0.15) is 0 Å². The van der Waals surface area contributed by atoms with Crippen molar-refractivity contribution in [1.29, 1.82) is 0 Å². The fourth-order valence-electron chi connectivity index (χ4n) is 2.70. The molecule has 7 heteroatoms. The minimum Gasteiger partial charge on any atom is -0.312 e. The fourth-order valence-corrected chi connectivity index (χ4v) is 3.94. The van der Waals surface area contributed by atoms with E-state index in [0.717, 1.165) is 5.69 Å². The van der Waals surface area contributed by atoms with Crippen LogP contribution in [0, 0.1) is 5.92 Å². The molecular formula is C17H17ClN2O3S. The maximum atomic E-state index is 12.3. The lowest BCUT2D eigenvalue weighted by Gasteiger charge is -2.17. The van der Waals surface area contributed by atoms with Crippen molar-refractivity contribution in [2.45, 2.75) is 11.3 Å². The minimum atomic E-state index is -3.60. The minimum absolute atomic E-state index is 0.0110. The highest BCUT2D eigenvalue weighted by Crippen LogP contribution is 2.24. The van der Waals surface area contributed by atoms with Crippen LogP contribution in [0.15, 0.2) is 59.5 Å². The summed E-state index contributed by atoms with van der Waals surface area (Å²) >= 11 is 5.77. The molecule has 0 aliphatic carbocycles. The normalized spacial score (nSPS) is 18.1. The lowest BCUT2D eigenvalue weighted by molar-refractivity contribution is -0.117. The van der Waals surface area contributed by atoms with Crippen LogP contribution >= 0.6 is 11.6 Å². The summed E-state index contributed by atoms with van der Waals surface area (Å²) in [7, 11) is -3.60. The Morgan fingerprint density at radius 3 is 2.42 bits per heavy atom. The van der Waals surface area contributed by atoms with E-state index in [1.165, 1.54) is 24.3 Å². The summed E-state index contributed by atoms with van der Waals surface area (Å²) in [5.74, 6) is -0.0447. The topological polar surface area (TPSA) is 66.5 Å². The second-order valence-electron chi connectivity index (χ2n) is 5.72. The molecule has 1 aliphatic heterocycles. The maximum Gasteiger partial charge on any atom is 0.240 e. The number of carbonyl (C=O) groups is 1. The summed E-state index contributed by atoms with van der Waals surface area (Å²) in [5.41, 5.74) is 0.838. The Balaban J connectivity index is 1.63. The van der Waals surface area contributed by atoms with E-state index in [0.29, 0.717) is 18.0 Å². The highest BCUT2D eigenvalue weighted by atomic mass is 35.5. The molecular weight excluding hydrogens is 348 g/mol. The lowest BCUT2D eigenvalue weighted by Crippen LogP contribution is -2.31. The second kappa shape index (κ2) is 6.93. The highest BCUT2D eigenvalue weighted by Gasteiger charge is 2.31. The van der Waals surface area contributed by atoms with Crippen molar-refractivity contribution in [3.8, 4) is 0 Å². The smallest absolute Gasteiger partial charge is 0.240 e. The first-order valence-corrected chi connectivity index (χ1v) is 9.42. The van der Waals surface area contributed by atoms with E-state index >= 15 is 0 Å². The van der Waals surface area contributed by atoms with Crippen LogP contribution in [0.3, 0.4) is 0 Å². The summed E-state index contributed by atoms with van der Waals surface area (Å²) in [4.78, 5) is 14.0. The van der Waals surface area contributed by atoms with Gasteiger partial charge in [-0.1, -0.05) is 29.8 Å². The number of nitrogens with one attached hydrogen (secondary N) is 1. The number of halogens is 1. The van der Waals surface area contributed by atoms with Crippen molar-refractivity contribution in [3.05, 3.63) is 59.6 Å². The van der Waals surface area contributed by atoms with Crippen LogP contribution in [0.1, 0.15) is 6.42 Å². The summed E-state index contributed by atoms with van der Waals surface area (Å²) in [6.45, 7) is 0.728. The van der Waals surface area contributed by atoms with Crippen molar-refractivity contribution >= 4 is 33.2 Å². The van der Waals surface area contributed by atoms with E-state index < -0.39 is 10.0 Å². The zero-order valence-corrected chi connectivity index (χ0v) is 14.4. The Kier molecular flexibility index (Phi) is 4.89. The summed E-state index contributed by atoms with van der Waals surface area (Å²) in [6.07, 6.45) is 0.331. The number of hydrogen-bond acceptors (Lipinski definition) is 3. The van der Waals surface area contributed by atoms with Crippen molar-refractivity contribution in [2.75, 3.05) is 18.0 Å². The number of nitrogens with zero attached hydrogens (tertiary/aromatic N) is 1. The van der Waals surface area contributed by atoms with Gasteiger partial charge in [-0.3, -0.25) is 4.79 Å². The largest absolute Gasteiger partial charge is 0.312 e. The van der Waals surface area contributed by atoms with Gasteiger partial charge in [0.25, 0.3) is 0 Å². The quantitative estimate of drug-likeness (QED) is 0.887. The van der Waals surface area contributed by atoms with Gasteiger partial charge in [0.1, 0.15) is 0 Å². The molecule has 1 atom stereocenters. The van der Waals surface area contributed by atoms with Crippen LogP contribution in [0.4, 0.5) is 5.69 Å². The standard InChI is InChI=1S/C17H17ClN2O3S/c18-14-6-8-16(9-7-14)24(22,23)19-11-13-10-17(21)20(12-13)15-4-2-1-3-5-15/h1-9,13,19H,10-12H2/t13-/m0/s1.